The molecule has 0 heterocycles. The van der Waals surface area contributed by atoms with Crippen molar-refractivity contribution < 1.29 is 4.79 Å². The number of nitrogens with zero attached hydrogens (tertiary/aromatic N) is 1. The van der Waals surface area contributed by atoms with Gasteiger partial charge in [-0.3, -0.25) is 4.79 Å². The van der Waals surface area contributed by atoms with E-state index in [9.17, 15) is 4.79 Å². The lowest BCUT2D eigenvalue weighted by Gasteiger charge is -2.20. The van der Waals surface area contributed by atoms with Crippen LogP contribution in [0.3, 0.4) is 0 Å². The van der Waals surface area contributed by atoms with Gasteiger partial charge in [-0.1, -0.05) is 28.1 Å². The Bertz CT molecular complexity index is 439. The fourth-order valence-electron chi connectivity index (χ4n) is 1.48. The SMILES string of the molecule is C#CCC(N)C(=O)N(C)Cc1cccc(Br)c1. The van der Waals surface area contributed by atoms with Crippen LogP contribution < -0.4 is 5.73 Å². The summed E-state index contributed by atoms with van der Waals surface area (Å²) in [5.41, 5.74) is 6.71. The summed E-state index contributed by atoms with van der Waals surface area (Å²) in [6, 6.07) is 7.18. The number of halogens is 1. The molecule has 1 aromatic carbocycles. The molecule has 0 aliphatic heterocycles. The van der Waals surface area contributed by atoms with Crippen molar-refractivity contribution in [3.05, 3.63) is 34.3 Å². The second kappa shape index (κ2) is 6.43. The first-order chi connectivity index (χ1) is 8.04. The van der Waals surface area contributed by atoms with Crippen LogP contribution in [0.1, 0.15) is 12.0 Å². The van der Waals surface area contributed by atoms with Crippen LogP contribution in [-0.2, 0) is 11.3 Å². The Morgan fingerprint density at radius 1 is 1.65 bits per heavy atom. The number of likely N-dealkylation sites (N-methyl/N-ethyl adjacent to an activating group) is 1. The molecule has 2 N–H and O–H groups in total. The molecule has 0 radical (unpaired) electrons. The number of carbonyl (C=O) groups excluding carboxylic acids is 1. The molecular weight excluding hydrogens is 280 g/mol. The van der Waals surface area contributed by atoms with Crippen molar-refractivity contribution in [3.63, 3.8) is 0 Å². The Balaban J connectivity index is 2.63. The van der Waals surface area contributed by atoms with Gasteiger partial charge in [-0.2, -0.15) is 0 Å². The molecule has 0 aromatic heterocycles. The molecule has 0 saturated heterocycles. The van der Waals surface area contributed by atoms with Crippen LogP contribution in [0.4, 0.5) is 0 Å². The van der Waals surface area contributed by atoms with Gasteiger partial charge >= 0.3 is 0 Å². The highest BCUT2D eigenvalue weighted by Crippen LogP contribution is 2.13. The molecule has 0 saturated carbocycles. The van der Waals surface area contributed by atoms with Crippen LogP contribution in [0.5, 0.6) is 0 Å². The van der Waals surface area contributed by atoms with Gasteiger partial charge in [-0.05, 0) is 17.7 Å². The lowest BCUT2D eigenvalue weighted by molar-refractivity contribution is -0.131. The van der Waals surface area contributed by atoms with E-state index in [1.165, 1.54) is 0 Å². The van der Waals surface area contributed by atoms with Crippen LogP contribution in [0.2, 0.25) is 0 Å². The van der Waals surface area contributed by atoms with E-state index in [0.29, 0.717) is 6.54 Å². The standard InChI is InChI=1S/C13H15BrN2O/c1-3-5-12(15)13(17)16(2)9-10-6-4-7-11(14)8-10/h1,4,6-8,12H,5,9,15H2,2H3. The fourth-order valence-corrected chi connectivity index (χ4v) is 1.93. The van der Waals surface area contributed by atoms with E-state index in [0.717, 1.165) is 10.0 Å². The molecule has 1 atom stereocenters. The minimum absolute atomic E-state index is 0.136. The normalized spacial score (nSPS) is 11.6. The van der Waals surface area contributed by atoms with E-state index >= 15 is 0 Å². The van der Waals surface area contributed by atoms with E-state index in [2.05, 4.69) is 21.9 Å². The summed E-state index contributed by atoms with van der Waals surface area (Å²) in [4.78, 5) is 13.4. The summed E-state index contributed by atoms with van der Waals surface area (Å²) in [5, 5.41) is 0. The minimum Gasteiger partial charge on any atom is -0.340 e. The number of carbonyl (C=O) groups is 1. The molecular formula is C13H15BrN2O. The summed E-state index contributed by atoms with van der Waals surface area (Å²) >= 11 is 3.39. The molecule has 0 aliphatic carbocycles. The van der Waals surface area contributed by atoms with E-state index < -0.39 is 6.04 Å². The van der Waals surface area contributed by atoms with Crippen molar-refractivity contribution in [3.8, 4) is 12.3 Å². The zero-order valence-electron chi connectivity index (χ0n) is 9.69. The molecule has 1 unspecified atom stereocenters. The van der Waals surface area contributed by atoms with Gasteiger partial charge in [0, 0.05) is 24.5 Å². The molecule has 1 aromatic rings. The summed E-state index contributed by atoms with van der Waals surface area (Å²) in [6.45, 7) is 0.524. The highest BCUT2D eigenvalue weighted by molar-refractivity contribution is 9.10. The van der Waals surface area contributed by atoms with Gasteiger partial charge in [0.2, 0.25) is 5.91 Å². The molecule has 0 spiro atoms. The van der Waals surface area contributed by atoms with Crippen molar-refractivity contribution >= 4 is 21.8 Å². The topological polar surface area (TPSA) is 46.3 Å². The number of amides is 1. The maximum Gasteiger partial charge on any atom is 0.240 e. The maximum absolute atomic E-state index is 11.8. The first-order valence-corrected chi connectivity index (χ1v) is 6.02. The van der Waals surface area contributed by atoms with Crippen LogP contribution >= 0.6 is 15.9 Å². The van der Waals surface area contributed by atoms with Crippen molar-refractivity contribution in [1.82, 2.24) is 4.90 Å². The average Bonchev–Trinajstić information content (AvgIpc) is 2.28. The Morgan fingerprint density at radius 3 is 2.94 bits per heavy atom. The van der Waals surface area contributed by atoms with Crippen LogP contribution in [0, 0.1) is 12.3 Å². The Labute approximate surface area is 110 Å². The molecule has 1 amide bonds. The van der Waals surface area contributed by atoms with Gasteiger partial charge in [0.1, 0.15) is 0 Å². The molecule has 1 rings (SSSR count). The van der Waals surface area contributed by atoms with Crippen molar-refractivity contribution in [1.29, 1.82) is 0 Å². The van der Waals surface area contributed by atoms with E-state index in [1.54, 1.807) is 11.9 Å². The van der Waals surface area contributed by atoms with Gasteiger partial charge < -0.3 is 10.6 Å². The monoisotopic (exact) mass is 294 g/mol. The van der Waals surface area contributed by atoms with E-state index in [-0.39, 0.29) is 12.3 Å². The van der Waals surface area contributed by atoms with Crippen molar-refractivity contribution in [2.24, 2.45) is 5.73 Å². The van der Waals surface area contributed by atoms with Gasteiger partial charge in [0.25, 0.3) is 0 Å². The van der Waals surface area contributed by atoms with Gasteiger partial charge in [-0.15, -0.1) is 12.3 Å². The number of rotatable bonds is 4. The molecule has 17 heavy (non-hydrogen) atoms. The second-order valence-electron chi connectivity index (χ2n) is 3.84. The molecule has 0 aliphatic rings. The van der Waals surface area contributed by atoms with Crippen LogP contribution in [-0.4, -0.2) is 23.9 Å². The third kappa shape index (κ3) is 4.22. The molecule has 0 fully saturated rings. The smallest absolute Gasteiger partial charge is 0.240 e. The first kappa shape index (κ1) is 13.8. The summed E-state index contributed by atoms with van der Waals surface area (Å²) < 4.78 is 0.990. The van der Waals surface area contributed by atoms with E-state index in [4.69, 9.17) is 12.2 Å². The number of benzene rings is 1. The number of hydrogen-bond acceptors (Lipinski definition) is 2. The number of terminal acetylenes is 1. The Morgan fingerprint density at radius 2 is 2.35 bits per heavy atom. The van der Waals surface area contributed by atoms with Crippen LogP contribution in [0.15, 0.2) is 28.7 Å². The van der Waals surface area contributed by atoms with Crippen molar-refractivity contribution in [2.75, 3.05) is 7.05 Å². The Kier molecular flexibility index (Phi) is 5.20. The summed E-state index contributed by atoms with van der Waals surface area (Å²) in [7, 11) is 1.72. The second-order valence-corrected chi connectivity index (χ2v) is 4.75. The molecule has 0 bridgehead atoms. The quantitative estimate of drug-likeness (QED) is 0.860. The van der Waals surface area contributed by atoms with Crippen LogP contribution in [0.25, 0.3) is 0 Å². The largest absolute Gasteiger partial charge is 0.340 e. The zero-order chi connectivity index (χ0) is 12.8. The maximum atomic E-state index is 11.8. The number of nitrogens with two attached hydrogens (primary N) is 1. The predicted molar refractivity (Wildman–Crippen MR) is 72.0 cm³/mol. The molecule has 90 valence electrons. The molecule has 4 heteroatoms. The third-order valence-electron chi connectivity index (χ3n) is 2.34. The highest BCUT2D eigenvalue weighted by atomic mass is 79.9. The minimum atomic E-state index is -0.614. The van der Waals surface area contributed by atoms with Gasteiger partial charge in [-0.25, -0.2) is 0 Å². The summed E-state index contributed by atoms with van der Waals surface area (Å²) in [5.74, 6) is 2.26. The zero-order valence-corrected chi connectivity index (χ0v) is 11.3. The molecule has 3 nitrogen and oxygen atoms in total. The Hall–Kier alpha value is -1.31. The lowest BCUT2D eigenvalue weighted by Crippen LogP contribution is -2.41. The fraction of sp³-hybridized carbons (Fsp3) is 0.308. The van der Waals surface area contributed by atoms with Crippen molar-refractivity contribution in [2.45, 2.75) is 19.0 Å². The average molecular weight is 295 g/mol. The van der Waals surface area contributed by atoms with E-state index in [1.807, 2.05) is 24.3 Å². The number of hydrogen-bond donors (Lipinski definition) is 1. The van der Waals surface area contributed by atoms with Gasteiger partial charge in [0.15, 0.2) is 0 Å². The third-order valence-corrected chi connectivity index (χ3v) is 2.83. The first-order valence-electron chi connectivity index (χ1n) is 5.23. The van der Waals surface area contributed by atoms with Gasteiger partial charge in [0.05, 0.1) is 6.04 Å². The predicted octanol–water partition coefficient (Wildman–Crippen LogP) is 1.76. The highest BCUT2D eigenvalue weighted by Gasteiger charge is 2.16. The lowest BCUT2D eigenvalue weighted by atomic mass is 10.1. The summed E-state index contributed by atoms with van der Waals surface area (Å²) in [6.07, 6.45) is 5.40.